The average molecular weight is 322 g/mol. The summed E-state index contributed by atoms with van der Waals surface area (Å²) in [5.41, 5.74) is 3.93. The highest BCUT2D eigenvalue weighted by molar-refractivity contribution is 5.63. The van der Waals surface area contributed by atoms with Crippen molar-refractivity contribution in [3.63, 3.8) is 0 Å². The summed E-state index contributed by atoms with van der Waals surface area (Å²) in [5, 5.41) is 10.5. The maximum Gasteiger partial charge on any atom is 0.0574 e. The predicted molar refractivity (Wildman–Crippen MR) is 102 cm³/mol. The van der Waals surface area contributed by atoms with Crippen LogP contribution >= 0.6 is 0 Å². The van der Waals surface area contributed by atoms with Gasteiger partial charge in [0.05, 0.1) is 6.10 Å². The van der Waals surface area contributed by atoms with E-state index in [-0.39, 0.29) is 6.10 Å². The molecule has 1 N–H and O–H groups in total. The van der Waals surface area contributed by atoms with Crippen LogP contribution in [0.3, 0.4) is 0 Å². The fourth-order valence-corrected chi connectivity index (χ4v) is 4.08. The first-order valence-electron chi connectivity index (χ1n) is 9.61. The lowest BCUT2D eigenvalue weighted by molar-refractivity contribution is 0.0548. The van der Waals surface area contributed by atoms with Gasteiger partial charge in [-0.3, -0.25) is 0 Å². The van der Waals surface area contributed by atoms with E-state index in [0.29, 0.717) is 11.8 Å². The van der Waals surface area contributed by atoms with E-state index in [4.69, 9.17) is 0 Å². The molecule has 3 rings (SSSR count). The molecular weight excluding hydrogens is 292 g/mol. The molecule has 1 aliphatic rings. The maximum atomic E-state index is 10.5. The number of aliphatic hydroxyl groups is 1. The molecule has 1 nitrogen and oxygen atoms in total. The number of hydrogen-bond donors (Lipinski definition) is 1. The summed E-state index contributed by atoms with van der Waals surface area (Å²) < 4.78 is 0. The van der Waals surface area contributed by atoms with Gasteiger partial charge >= 0.3 is 0 Å². The van der Waals surface area contributed by atoms with Crippen LogP contribution in [0.5, 0.6) is 0 Å². The third kappa shape index (κ3) is 4.27. The van der Waals surface area contributed by atoms with E-state index in [9.17, 15) is 5.11 Å². The van der Waals surface area contributed by atoms with Gasteiger partial charge in [0.1, 0.15) is 0 Å². The molecular formula is C23H30O. The maximum absolute atomic E-state index is 10.5. The molecule has 0 amide bonds. The van der Waals surface area contributed by atoms with E-state index in [1.807, 2.05) is 0 Å². The van der Waals surface area contributed by atoms with Crippen LogP contribution in [-0.4, -0.2) is 11.2 Å². The van der Waals surface area contributed by atoms with Crippen molar-refractivity contribution in [3.05, 3.63) is 60.2 Å². The third-order valence-electron chi connectivity index (χ3n) is 5.62. The van der Waals surface area contributed by atoms with Gasteiger partial charge in [0.15, 0.2) is 0 Å². The van der Waals surface area contributed by atoms with E-state index >= 15 is 0 Å². The Morgan fingerprint density at radius 3 is 2.25 bits per heavy atom. The first-order valence-corrected chi connectivity index (χ1v) is 9.61. The highest BCUT2D eigenvalue weighted by atomic mass is 16.3. The number of aliphatic hydroxyl groups excluding tert-OH is 1. The Hall–Kier alpha value is -1.60. The normalized spacial score (nSPS) is 24.0. The van der Waals surface area contributed by atoms with Crippen LogP contribution < -0.4 is 0 Å². The van der Waals surface area contributed by atoms with Crippen LogP contribution in [0.2, 0.25) is 0 Å². The van der Waals surface area contributed by atoms with Crippen molar-refractivity contribution in [2.75, 3.05) is 0 Å². The predicted octanol–water partition coefficient (Wildman–Crippen LogP) is 6.18. The molecule has 0 unspecified atom stereocenters. The monoisotopic (exact) mass is 322 g/mol. The van der Waals surface area contributed by atoms with Gasteiger partial charge in [-0.05, 0) is 54.2 Å². The van der Waals surface area contributed by atoms with Crippen molar-refractivity contribution >= 4 is 0 Å². The molecule has 24 heavy (non-hydrogen) atoms. The van der Waals surface area contributed by atoms with Gasteiger partial charge in [0.25, 0.3) is 0 Å². The number of rotatable bonds is 6. The lowest BCUT2D eigenvalue weighted by atomic mass is 9.75. The third-order valence-corrected chi connectivity index (χ3v) is 5.62. The van der Waals surface area contributed by atoms with Gasteiger partial charge in [-0.1, -0.05) is 80.8 Å². The zero-order valence-corrected chi connectivity index (χ0v) is 14.8. The minimum absolute atomic E-state index is 0.116. The molecule has 0 bridgehead atoms. The second-order valence-corrected chi connectivity index (χ2v) is 7.32. The molecule has 1 aliphatic carbocycles. The molecule has 3 atom stereocenters. The van der Waals surface area contributed by atoms with Gasteiger partial charge in [0.2, 0.25) is 0 Å². The molecule has 0 heterocycles. The fourth-order valence-electron chi connectivity index (χ4n) is 4.08. The van der Waals surface area contributed by atoms with E-state index in [0.717, 1.165) is 6.42 Å². The van der Waals surface area contributed by atoms with Gasteiger partial charge in [-0.2, -0.15) is 0 Å². The first kappa shape index (κ1) is 17.2. The van der Waals surface area contributed by atoms with Crippen LogP contribution in [0.15, 0.2) is 54.6 Å². The lowest BCUT2D eigenvalue weighted by Crippen LogP contribution is -2.28. The first-order chi connectivity index (χ1) is 11.8. The molecule has 0 spiro atoms. The molecule has 1 fully saturated rings. The Morgan fingerprint density at radius 1 is 0.875 bits per heavy atom. The van der Waals surface area contributed by atoms with E-state index in [1.165, 1.54) is 55.2 Å². The summed E-state index contributed by atoms with van der Waals surface area (Å²) in [7, 11) is 0. The van der Waals surface area contributed by atoms with Crippen LogP contribution in [0.25, 0.3) is 11.1 Å². The molecule has 2 aromatic carbocycles. The molecule has 128 valence electrons. The lowest BCUT2D eigenvalue weighted by Gasteiger charge is -2.33. The average Bonchev–Trinajstić information content (AvgIpc) is 2.64. The number of hydrogen-bond acceptors (Lipinski definition) is 1. The van der Waals surface area contributed by atoms with Gasteiger partial charge < -0.3 is 5.11 Å². The van der Waals surface area contributed by atoms with Crippen molar-refractivity contribution in [1.82, 2.24) is 0 Å². The molecule has 0 saturated heterocycles. The second kappa shape index (κ2) is 8.48. The smallest absolute Gasteiger partial charge is 0.0574 e. The zero-order chi connectivity index (χ0) is 16.8. The molecule has 1 saturated carbocycles. The van der Waals surface area contributed by atoms with Crippen LogP contribution in [-0.2, 0) is 0 Å². The van der Waals surface area contributed by atoms with Gasteiger partial charge in [-0.25, -0.2) is 0 Å². The van der Waals surface area contributed by atoms with E-state index in [1.54, 1.807) is 0 Å². The van der Waals surface area contributed by atoms with E-state index < -0.39 is 0 Å². The van der Waals surface area contributed by atoms with Gasteiger partial charge in [-0.15, -0.1) is 0 Å². The van der Waals surface area contributed by atoms with Crippen LogP contribution in [0, 0.1) is 5.92 Å². The largest absolute Gasteiger partial charge is 0.393 e. The molecule has 0 radical (unpaired) electrons. The summed E-state index contributed by atoms with van der Waals surface area (Å²) in [5.74, 6) is 1.05. The Labute approximate surface area is 146 Å². The minimum Gasteiger partial charge on any atom is -0.393 e. The van der Waals surface area contributed by atoms with Crippen molar-refractivity contribution in [3.8, 4) is 11.1 Å². The standard InChI is InChI=1S/C23H30O/c1-2-3-5-10-21-15-16-22(17-23(21)24)20-13-11-19(12-14-20)18-8-6-4-7-9-18/h4,6-9,11-14,21-24H,2-3,5,10,15-17H2,1H3/t21-,22+,23+/m1/s1. The molecule has 0 aromatic heterocycles. The minimum atomic E-state index is -0.116. The molecule has 0 aliphatic heterocycles. The summed E-state index contributed by atoms with van der Waals surface area (Å²) >= 11 is 0. The highest BCUT2D eigenvalue weighted by Gasteiger charge is 2.29. The SMILES string of the molecule is CCCCC[C@@H]1CC[C@H](c2ccc(-c3ccccc3)cc2)C[C@@H]1O. The highest BCUT2D eigenvalue weighted by Crippen LogP contribution is 2.38. The summed E-state index contributed by atoms with van der Waals surface area (Å²) in [4.78, 5) is 0. The van der Waals surface area contributed by atoms with Crippen molar-refractivity contribution < 1.29 is 5.11 Å². The zero-order valence-electron chi connectivity index (χ0n) is 14.8. The second-order valence-electron chi connectivity index (χ2n) is 7.32. The van der Waals surface area contributed by atoms with Crippen LogP contribution in [0.4, 0.5) is 0 Å². The van der Waals surface area contributed by atoms with Gasteiger partial charge in [0, 0.05) is 0 Å². The Morgan fingerprint density at radius 2 is 1.58 bits per heavy atom. The van der Waals surface area contributed by atoms with Crippen molar-refractivity contribution in [2.24, 2.45) is 5.92 Å². The Bertz CT molecular complexity index is 602. The van der Waals surface area contributed by atoms with Crippen molar-refractivity contribution in [1.29, 1.82) is 0 Å². The summed E-state index contributed by atoms with van der Waals surface area (Å²) in [6, 6.07) is 19.5. The van der Waals surface area contributed by atoms with Crippen LogP contribution in [0.1, 0.15) is 63.4 Å². The van der Waals surface area contributed by atoms with E-state index in [2.05, 4.69) is 61.5 Å². The number of unbranched alkanes of at least 4 members (excludes halogenated alkanes) is 2. The fraction of sp³-hybridized carbons (Fsp3) is 0.478. The topological polar surface area (TPSA) is 20.2 Å². The Balaban J connectivity index is 1.60. The molecule has 1 heteroatoms. The van der Waals surface area contributed by atoms with Crippen molar-refractivity contribution in [2.45, 2.75) is 63.9 Å². The summed E-state index contributed by atoms with van der Waals surface area (Å²) in [6.07, 6.45) is 8.25. The summed E-state index contributed by atoms with van der Waals surface area (Å²) in [6.45, 7) is 2.24. The Kier molecular flexibility index (Phi) is 6.09. The quantitative estimate of drug-likeness (QED) is 0.630. The molecule has 2 aromatic rings. The number of benzene rings is 2.